The van der Waals surface area contributed by atoms with E-state index in [-0.39, 0.29) is 25.0 Å². The molecule has 1 aliphatic heterocycles. The first-order valence-corrected chi connectivity index (χ1v) is 7.88. The molecule has 20 heavy (non-hydrogen) atoms. The van der Waals surface area contributed by atoms with Crippen LogP contribution >= 0.6 is 0 Å². The Balaban J connectivity index is 2.56. The molecule has 1 fully saturated rings. The number of carboxylic acids is 1. The molecule has 0 spiro atoms. The van der Waals surface area contributed by atoms with Crippen LogP contribution in [0.25, 0.3) is 0 Å². The number of carboxylic acid groups (broad SMARTS) is 1. The van der Waals surface area contributed by atoms with Gasteiger partial charge >= 0.3 is 11.9 Å². The molecule has 1 atom stereocenters. The van der Waals surface area contributed by atoms with Crippen LogP contribution in [0.4, 0.5) is 0 Å². The van der Waals surface area contributed by atoms with Crippen molar-refractivity contribution in [1.82, 2.24) is 9.03 Å². The second kappa shape index (κ2) is 7.00. The Morgan fingerprint density at radius 2 is 1.95 bits per heavy atom. The Kier molecular flexibility index (Phi) is 5.90. The van der Waals surface area contributed by atoms with Crippen LogP contribution in [-0.4, -0.2) is 55.5 Å². The van der Waals surface area contributed by atoms with Crippen molar-refractivity contribution >= 4 is 22.1 Å². The molecule has 1 saturated heterocycles. The van der Waals surface area contributed by atoms with E-state index in [4.69, 9.17) is 9.84 Å². The van der Waals surface area contributed by atoms with E-state index in [1.54, 1.807) is 6.92 Å². The standard InChI is InChI=1S/C11H20N2O6S/c1-3-19-11(16)9-4-6-13(7-5-9)20(17,18)12-8(2)10(14)15/h8-9,12H,3-7H2,1-2H3,(H,14,15). The molecule has 1 aliphatic rings. The average molecular weight is 308 g/mol. The Bertz CT molecular complexity index is 456. The first kappa shape index (κ1) is 16.9. The van der Waals surface area contributed by atoms with E-state index >= 15 is 0 Å². The van der Waals surface area contributed by atoms with E-state index < -0.39 is 22.2 Å². The Labute approximate surface area is 118 Å². The quantitative estimate of drug-likeness (QED) is 0.644. The van der Waals surface area contributed by atoms with Crippen molar-refractivity contribution in [2.75, 3.05) is 19.7 Å². The van der Waals surface area contributed by atoms with Crippen LogP contribution in [0.1, 0.15) is 26.7 Å². The van der Waals surface area contributed by atoms with Crippen molar-refractivity contribution in [3.8, 4) is 0 Å². The fourth-order valence-corrected chi connectivity index (χ4v) is 3.33. The number of carbonyl (C=O) groups excluding carboxylic acids is 1. The first-order chi connectivity index (χ1) is 9.27. The fourth-order valence-electron chi connectivity index (χ4n) is 1.94. The summed E-state index contributed by atoms with van der Waals surface area (Å²) in [6, 6.07) is -1.19. The van der Waals surface area contributed by atoms with E-state index in [0.717, 1.165) is 4.31 Å². The van der Waals surface area contributed by atoms with Gasteiger partial charge in [-0.1, -0.05) is 0 Å². The summed E-state index contributed by atoms with van der Waals surface area (Å²) in [4.78, 5) is 22.2. The van der Waals surface area contributed by atoms with E-state index in [2.05, 4.69) is 4.72 Å². The molecule has 1 heterocycles. The molecule has 0 bridgehead atoms. The van der Waals surface area contributed by atoms with Crippen LogP contribution in [0.15, 0.2) is 0 Å². The van der Waals surface area contributed by atoms with E-state index in [9.17, 15) is 18.0 Å². The lowest BCUT2D eigenvalue weighted by Gasteiger charge is -2.30. The summed E-state index contributed by atoms with van der Waals surface area (Å²) in [6.07, 6.45) is 0.752. The average Bonchev–Trinajstić information content (AvgIpc) is 2.38. The highest BCUT2D eigenvalue weighted by Gasteiger charge is 2.33. The Morgan fingerprint density at radius 3 is 2.40 bits per heavy atom. The molecule has 0 saturated carbocycles. The third kappa shape index (κ3) is 4.43. The molecule has 0 amide bonds. The van der Waals surface area contributed by atoms with Crippen LogP contribution in [0.2, 0.25) is 0 Å². The van der Waals surface area contributed by atoms with Crippen molar-refractivity contribution < 1.29 is 27.9 Å². The van der Waals surface area contributed by atoms with Gasteiger partial charge in [0.2, 0.25) is 0 Å². The molecule has 0 aromatic rings. The zero-order chi connectivity index (χ0) is 15.3. The Hall–Kier alpha value is -1.19. The van der Waals surface area contributed by atoms with Crippen LogP contribution < -0.4 is 4.72 Å². The molecular weight excluding hydrogens is 288 g/mol. The minimum Gasteiger partial charge on any atom is -0.480 e. The lowest BCUT2D eigenvalue weighted by atomic mass is 9.98. The lowest BCUT2D eigenvalue weighted by molar-refractivity contribution is -0.149. The molecule has 1 rings (SSSR count). The highest BCUT2D eigenvalue weighted by atomic mass is 32.2. The number of aliphatic carboxylic acids is 1. The van der Waals surface area contributed by atoms with Gasteiger partial charge in [0, 0.05) is 13.1 Å². The van der Waals surface area contributed by atoms with Gasteiger partial charge in [0.15, 0.2) is 0 Å². The van der Waals surface area contributed by atoms with Gasteiger partial charge in [0.05, 0.1) is 12.5 Å². The van der Waals surface area contributed by atoms with Gasteiger partial charge in [-0.25, -0.2) is 0 Å². The zero-order valence-electron chi connectivity index (χ0n) is 11.5. The summed E-state index contributed by atoms with van der Waals surface area (Å²) in [5, 5.41) is 8.71. The molecule has 2 N–H and O–H groups in total. The van der Waals surface area contributed by atoms with Crippen molar-refractivity contribution in [3.63, 3.8) is 0 Å². The third-order valence-corrected chi connectivity index (χ3v) is 4.81. The second-order valence-electron chi connectivity index (χ2n) is 4.61. The molecule has 116 valence electrons. The molecule has 0 aromatic carbocycles. The van der Waals surface area contributed by atoms with Gasteiger partial charge in [-0.15, -0.1) is 0 Å². The van der Waals surface area contributed by atoms with Gasteiger partial charge in [0.1, 0.15) is 6.04 Å². The van der Waals surface area contributed by atoms with Gasteiger partial charge in [0.25, 0.3) is 10.2 Å². The smallest absolute Gasteiger partial charge is 0.321 e. The van der Waals surface area contributed by atoms with Crippen LogP contribution in [0, 0.1) is 5.92 Å². The predicted octanol–water partition coefficient (Wildman–Crippen LogP) is -0.431. The summed E-state index contributed by atoms with van der Waals surface area (Å²) >= 11 is 0. The maximum atomic E-state index is 11.9. The largest absolute Gasteiger partial charge is 0.480 e. The topological polar surface area (TPSA) is 113 Å². The molecule has 1 unspecified atom stereocenters. The number of hydrogen-bond acceptors (Lipinski definition) is 5. The van der Waals surface area contributed by atoms with E-state index in [0.29, 0.717) is 19.4 Å². The first-order valence-electron chi connectivity index (χ1n) is 6.44. The van der Waals surface area contributed by atoms with Gasteiger partial charge in [-0.2, -0.15) is 17.4 Å². The number of rotatable bonds is 6. The van der Waals surface area contributed by atoms with Crippen molar-refractivity contribution in [1.29, 1.82) is 0 Å². The maximum absolute atomic E-state index is 11.9. The summed E-state index contributed by atoms with van der Waals surface area (Å²) in [5.74, 6) is -1.84. The number of hydrogen-bond donors (Lipinski definition) is 2. The number of ether oxygens (including phenoxy) is 1. The number of nitrogens with zero attached hydrogens (tertiary/aromatic N) is 1. The van der Waals surface area contributed by atoms with Gasteiger partial charge < -0.3 is 9.84 Å². The predicted molar refractivity (Wildman–Crippen MR) is 70.1 cm³/mol. The monoisotopic (exact) mass is 308 g/mol. The molecule has 0 radical (unpaired) electrons. The second-order valence-corrected chi connectivity index (χ2v) is 6.31. The van der Waals surface area contributed by atoms with Crippen molar-refractivity contribution in [3.05, 3.63) is 0 Å². The van der Waals surface area contributed by atoms with Crippen molar-refractivity contribution in [2.24, 2.45) is 5.92 Å². The summed E-state index contributed by atoms with van der Waals surface area (Å²) < 4.78 is 32.0. The summed E-state index contributed by atoms with van der Waals surface area (Å²) in [5.41, 5.74) is 0. The van der Waals surface area contributed by atoms with Crippen LogP contribution in [0.5, 0.6) is 0 Å². The Morgan fingerprint density at radius 1 is 1.40 bits per heavy atom. The van der Waals surface area contributed by atoms with Crippen LogP contribution in [-0.2, 0) is 24.5 Å². The minimum atomic E-state index is -3.84. The SMILES string of the molecule is CCOC(=O)C1CCN(S(=O)(=O)NC(C)C(=O)O)CC1. The lowest BCUT2D eigenvalue weighted by Crippen LogP contribution is -2.50. The zero-order valence-corrected chi connectivity index (χ0v) is 12.4. The number of piperidine rings is 1. The molecular formula is C11H20N2O6S. The fraction of sp³-hybridized carbons (Fsp3) is 0.818. The maximum Gasteiger partial charge on any atom is 0.321 e. The number of nitrogens with one attached hydrogen (secondary N) is 1. The highest BCUT2D eigenvalue weighted by molar-refractivity contribution is 7.87. The normalized spacial score (nSPS) is 19.5. The van der Waals surface area contributed by atoms with E-state index in [1.165, 1.54) is 6.92 Å². The molecule has 8 nitrogen and oxygen atoms in total. The number of esters is 1. The van der Waals surface area contributed by atoms with Crippen molar-refractivity contribution in [2.45, 2.75) is 32.7 Å². The van der Waals surface area contributed by atoms with E-state index in [1.807, 2.05) is 0 Å². The van der Waals surface area contributed by atoms with Crippen LogP contribution in [0.3, 0.4) is 0 Å². The summed E-state index contributed by atoms with van der Waals surface area (Å²) in [6.45, 7) is 3.62. The third-order valence-electron chi connectivity index (χ3n) is 3.11. The highest BCUT2D eigenvalue weighted by Crippen LogP contribution is 2.20. The van der Waals surface area contributed by atoms with Gasteiger partial charge in [-0.3, -0.25) is 9.59 Å². The molecule has 0 aromatic heterocycles. The number of carbonyl (C=O) groups is 2. The summed E-state index contributed by atoms with van der Waals surface area (Å²) in [7, 11) is -3.84. The molecule has 0 aliphatic carbocycles. The molecule has 9 heteroatoms. The van der Waals surface area contributed by atoms with Gasteiger partial charge in [-0.05, 0) is 26.7 Å². The minimum absolute atomic E-state index is 0.172.